The number of benzene rings is 4. The SMILES string of the molecule is Cc1ccc(N=C2S/C(=C\c3cc(Br)c(OCC(=O)Nc4cccc(C)c4)c(Br)c3)C(=O)N2c2ccc(C)cc2)cc1. The molecule has 0 bridgehead atoms. The molecule has 0 unspecified atom stereocenters. The smallest absolute Gasteiger partial charge is 0.271 e. The zero-order valence-electron chi connectivity index (χ0n) is 23.2. The van der Waals surface area contributed by atoms with E-state index in [1.807, 2.05) is 112 Å². The van der Waals surface area contributed by atoms with Crippen LogP contribution in [0.5, 0.6) is 5.75 Å². The van der Waals surface area contributed by atoms with Gasteiger partial charge < -0.3 is 10.1 Å². The topological polar surface area (TPSA) is 71.0 Å². The molecule has 0 saturated carbocycles. The maximum atomic E-state index is 13.7. The second kappa shape index (κ2) is 13.1. The monoisotopic (exact) mass is 703 g/mol. The summed E-state index contributed by atoms with van der Waals surface area (Å²) in [4.78, 5) is 33.2. The second-order valence-electron chi connectivity index (χ2n) is 9.84. The van der Waals surface area contributed by atoms with Gasteiger partial charge >= 0.3 is 0 Å². The molecule has 0 radical (unpaired) electrons. The second-order valence-corrected chi connectivity index (χ2v) is 12.6. The molecule has 1 fully saturated rings. The minimum Gasteiger partial charge on any atom is -0.481 e. The van der Waals surface area contributed by atoms with Crippen molar-refractivity contribution in [1.29, 1.82) is 0 Å². The van der Waals surface area contributed by atoms with E-state index in [2.05, 4.69) is 37.2 Å². The fourth-order valence-corrected chi connectivity index (χ4v) is 6.66. The van der Waals surface area contributed by atoms with Crippen molar-refractivity contribution >= 4 is 83.7 Å². The van der Waals surface area contributed by atoms with Gasteiger partial charge in [-0.15, -0.1) is 0 Å². The molecule has 1 saturated heterocycles. The highest BCUT2D eigenvalue weighted by atomic mass is 79.9. The van der Waals surface area contributed by atoms with E-state index in [0.29, 0.717) is 30.5 Å². The van der Waals surface area contributed by atoms with E-state index < -0.39 is 0 Å². The average molecular weight is 705 g/mol. The van der Waals surface area contributed by atoms with Crippen molar-refractivity contribution in [3.8, 4) is 5.75 Å². The van der Waals surface area contributed by atoms with Crippen molar-refractivity contribution in [2.45, 2.75) is 20.8 Å². The summed E-state index contributed by atoms with van der Waals surface area (Å²) in [5.74, 6) is 0.0649. The first-order valence-electron chi connectivity index (χ1n) is 13.1. The summed E-state index contributed by atoms with van der Waals surface area (Å²) in [6.07, 6.45) is 1.83. The largest absolute Gasteiger partial charge is 0.481 e. The number of ether oxygens (including phenoxy) is 1. The number of carbonyl (C=O) groups excluding carboxylic acids is 2. The van der Waals surface area contributed by atoms with Crippen LogP contribution in [0, 0.1) is 20.8 Å². The predicted octanol–water partition coefficient (Wildman–Crippen LogP) is 8.96. The van der Waals surface area contributed by atoms with E-state index in [1.54, 1.807) is 4.90 Å². The number of halogens is 2. The molecule has 1 N–H and O–H groups in total. The van der Waals surface area contributed by atoms with Gasteiger partial charge in [-0.05, 0) is 130 Å². The Morgan fingerprint density at radius 3 is 2.19 bits per heavy atom. The predicted molar refractivity (Wildman–Crippen MR) is 180 cm³/mol. The van der Waals surface area contributed by atoms with Crippen LogP contribution in [0.15, 0.2) is 104 Å². The summed E-state index contributed by atoms with van der Waals surface area (Å²) in [6, 6.07) is 27.0. The lowest BCUT2D eigenvalue weighted by Crippen LogP contribution is -2.28. The summed E-state index contributed by atoms with van der Waals surface area (Å²) < 4.78 is 7.12. The molecule has 1 aliphatic rings. The summed E-state index contributed by atoms with van der Waals surface area (Å²) in [6.45, 7) is 5.84. The Bertz CT molecular complexity index is 1690. The number of nitrogens with zero attached hydrogens (tertiary/aromatic N) is 2. The summed E-state index contributed by atoms with van der Waals surface area (Å²) in [5, 5.41) is 3.42. The Morgan fingerprint density at radius 2 is 1.55 bits per heavy atom. The molecule has 4 aromatic rings. The number of amides is 2. The van der Waals surface area contributed by atoms with Crippen molar-refractivity contribution in [2.75, 3.05) is 16.8 Å². The minimum absolute atomic E-state index is 0.157. The lowest BCUT2D eigenvalue weighted by molar-refractivity contribution is -0.118. The standard InChI is InChI=1S/C33H27Br2N3O3S/c1-20-7-11-24(12-8-20)37-33-38(26-13-9-21(2)10-14-26)32(40)29(42-33)18-23-16-27(34)31(28(35)17-23)41-19-30(39)36-25-6-4-5-22(3)15-25/h4-18H,19H2,1-3H3,(H,36,39)/b29-18-,37-33?. The van der Waals surface area contributed by atoms with Gasteiger partial charge in [-0.3, -0.25) is 14.5 Å². The first-order chi connectivity index (χ1) is 20.2. The van der Waals surface area contributed by atoms with E-state index in [1.165, 1.54) is 11.8 Å². The molecule has 1 aliphatic heterocycles. The van der Waals surface area contributed by atoms with E-state index in [4.69, 9.17) is 9.73 Å². The highest BCUT2D eigenvalue weighted by Gasteiger charge is 2.35. The number of nitrogens with one attached hydrogen (secondary N) is 1. The van der Waals surface area contributed by atoms with Crippen molar-refractivity contribution in [2.24, 2.45) is 4.99 Å². The Balaban J connectivity index is 1.38. The van der Waals surface area contributed by atoms with E-state index in [-0.39, 0.29) is 18.4 Å². The van der Waals surface area contributed by atoms with Gasteiger partial charge in [0.05, 0.1) is 25.2 Å². The maximum absolute atomic E-state index is 13.7. The minimum atomic E-state index is -0.268. The first-order valence-corrected chi connectivity index (χ1v) is 15.5. The Kier molecular flexibility index (Phi) is 9.30. The third-order valence-electron chi connectivity index (χ3n) is 6.33. The lowest BCUT2D eigenvalue weighted by Gasteiger charge is -2.16. The molecule has 42 heavy (non-hydrogen) atoms. The zero-order valence-corrected chi connectivity index (χ0v) is 27.1. The fraction of sp³-hybridized carbons (Fsp3) is 0.121. The average Bonchev–Trinajstić information content (AvgIpc) is 3.24. The number of amidine groups is 1. The van der Waals surface area contributed by atoms with E-state index in [9.17, 15) is 9.59 Å². The number of carbonyl (C=O) groups is 2. The van der Waals surface area contributed by atoms with Crippen LogP contribution in [0.3, 0.4) is 0 Å². The number of thioether (sulfide) groups is 1. The van der Waals surface area contributed by atoms with Gasteiger partial charge in [-0.2, -0.15) is 0 Å². The summed E-state index contributed by atoms with van der Waals surface area (Å²) >= 11 is 8.45. The fourth-order valence-electron chi connectivity index (χ4n) is 4.21. The van der Waals surface area contributed by atoms with Gasteiger partial charge in [0.1, 0.15) is 5.75 Å². The highest BCUT2D eigenvalue weighted by Crippen LogP contribution is 2.40. The van der Waals surface area contributed by atoms with Crippen LogP contribution in [-0.4, -0.2) is 23.6 Å². The van der Waals surface area contributed by atoms with Crippen LogP contribution >= 0.6 is 43.6 Å². The van der Waals surface area contributed by atoms with Crippen molar-refractivity contribution in [3.63, 3.8) is 0 Å². The van der Waals surface area contributed by atoms with Gasteiger partial charge in [0.15, 0.2) is 11.8 Å². The third kappa shape index (κ3) is 7.21. The molecule has 4 aromatic carbocycles. The van der Waals surface area contributed by atoms with Crippen LogP contribution in [0.25, 0.3) is 6.08 Å². The Labute approximate surface area is 266 Å². The van der Waals surface area contributed by atoms with Crippen molar-refractivity contribution < 1.29 is 14.3 Å². The molecule has 212 valence electrons. The van der Waals surface area contributed by atoms with Crippen LogP contribution in [0.4, 0.5) is 17.1 Å². The number of aliphatic imine (C=N–C) groups is 1. The molecule has 0 atom stereocenters. The molecule has 9 heteroatoms. The van der Waals surface area contributed by atoms with Crippen LogP contribution in [-0.2, 0) is 9.59 Å². The maximum Gasteiger partial charge on any atom is 0.271 e. The van der Waals surface area contributed by atoms with Crippen LogP contribution < -0.4 is 15.0 Å². The van der Waals surface area contributed by atoms with Crippen LogP contribution in [0.2, 0.25) is 0 Å². The number of aryl methyl sites for hydroxylation is 3. The van der Waals surface area contributed by atoms with Gasteiger partial charge in [0.2, 0.25) is 0 Å². The van der Waals surface area contributed by atoms with Gasteiger partial charge in [-0.1, -0.05) is 47.5 Å². The van der Waals surface area contributed by atoms with E-state index in [0.717, 1.165) is 33.6 Å². The molecule has 0 aromatic heterocycles. The van der Waals surface area contributed by atoms with Crippen molar-refractivity contribution in [3.05, 3.63) is 121 Å². The number of hydrogen-bond donors (Lipinski definition) is 1. The van der Waals surface area contributed by atoms with Gasteiger partial charge in [-0.25, -0.2) is 4.99 Å². The van der Waals surface area contributed by atoms with Gasteiger partial charge in [0.25, 0.3) is 11.8 Å². The molecule has 0 aliphatic carbocycles. The molecule has 0 spiro atoms. The number of hydrogen-bond acceptors (Lipinski definition) is 5. The molecular weight excluding hydrogens is 678 g/mol. The zero-order chi connectivity index (χ0) is 29.8. The molecule has 5 rings (SSSR count). The van der Waals surface area contributed by atoms with E-state index >= 15 is 0 Å². The molecular formula is C33H27Br2N3O3S. The molecule has 1 heterocycles. The first kappa shape index (κ1) is 29.8. The summed E-state index contributed by atoms with van der Waals surface area (Å²) in [7, 11) is 0. The number of rotatable bonds is 7. The quantitative estimate of drug-likeness (QED) is 0.195. The Morgan fingerprint density at radius 1 is 0.905 bits per heavy atom. The van der Waals surface area contributed by atoms with Crippen LogP contribution in [0.1, 0.15) is 22.3 Å². The summed E-state index contributed by atoms with van der Waals surface area (Å²) in [5.41, 5.74) is 6.32. The van der Waals surface area contributed by atoms with Crippen molar-refractivity contribution in [1.82, 2.24) is 0 Å². The number of anilines is 2. The lowest BCUT2D eigenvalue weighted by atomic mass is 10.2. The third-order valence-corrected chi connectivity index (χ3v) is 8.47. The molecule has 2 amide bonds. The molecule has 6 nitrogen and oxygen atoms in total. The van der Waals surface area contributed by atoms with Gasteiger partial charge in [0, 0.05) is 5.69 Å². The Hall–Kier alpha value is -3.66. The highest BCUT2D eigenvalue weighted by molar-refractivity contribution is 9.11. The normalized spacial score (nSPS) is 15.0.